The van der Waals surface area contributed by atoms with Crippen molar-refractivity contribution in [1.29, 1.82) is 0 Å². The minimum Gasteiger partial charge on any atom is -0.346 e. The SMILES string of the molecule is CCc1cc(Br)c2c(ccn2CC)n1. The lowest BCUT2D eigenvalue weighted by Crippen LogP contribution is -1.94. The molecule has 2 aromatic rings. The molecule has 2 nitrogen and oxygen atoms in total. The molecule has 0 saturated carbocycles. The van der Waals surface area contributed by atoms with E-state index in [2.05, 4.69) is 57.7 Å². The van der Waals surface area contributed by atoms with Gasteiger partial charge in [0.15, 0.2) is 0 Å². The first-order valence-electron chi connectivity index (χ1n) is 4.90. The minimum atomic E-state index is 0.978. The van der Waals surface area contributed by atoms with Crippen molar-refractivity contribution in [2.75, 3.05) is 0 Å². The molecular weight excluding hydrogens is 240 g/mol. The first-order valence-corrected chi connectivity index (χ1v) is 5.69. The summed E-state index contributed by atoms with van der Waals surface area (Å²) >= 11 is 3.60. The number of nitrogens with zero attached hydrogens (tertiary/aromatic N) is 2. The number of halogens is 1. The average Bonchev–Trinajstić information content (AvgIpc) is 2.61. The van der Waals surface area contributed by atoms with E-state index < -0.39 is 0 Å². The normalized spacial score (nSPS) is 11.1. The summed E-state index contributed by atoms with van der Waals surface area (Å²) in [5.74, 6) is 0. The summed E-state index contributed by atoms with van der Waals surface area (Å²) in [6.07, 6.45) is 3.06. The largest absolute Gasteiger partial charge is 0.346 e. The van der Waals surface area contributed by atoms with Gasteiger partial charge in [0.1, 0.15) is 0 Å². The molecule has 0 aliphatic rings. The smallest absolute Gasteiger partial charge is 0.0895 e. The quantitative estimate of drug-likeness (QED) is 0.802. The molecule has 0 amide bonds. The molecule has 0 fully saturated rings. The molecule has 2 rings (SSSR count). The zero-order chi connectivity index (χ0) is 10.1. The average molecular weight is 253 g/mol. The Balaban J connectivity index is 2.72. The predicted molar refractivity (Wildman–Crippen MR) is 62.5 cm³/mol. The number of pyridine rings is 1. The lowest BCUT2D eigenvalue weighted by atomic mass is 10.2. The third-order valence-electron chi connectivity index (χ3n) is 2.43. The van der Waals surface area contributed by atoms with Crippen LogP contribution in [0.5, 0.6) is 0 Å². The van der Waals surface area contributed by atoms with E-state index in [4.69, 9.17) is 0 Å². The predicted octanol–water partition coefficient (Wildman–Crippen LogP) is 3.38. The van der Waals surface area contributed by atoms with Gasteiger partial charge in [-0.3, -0.25) is 4.98 Å². The van der Waals surface area contributed by atoms with E-state index in [-0.39, 0.29) is 0 Å². The van der Waals surface area contributed by atoms with Gasteiger partial charge >= 0.3 is 0 Å². The summed E-state index contributed by atoms with van der Waals surface area (Å²) in [5.41, 5.74) is 3.42. The third-order valence-corrected chi connectivity index (χ3v) is 3.03. The van der Waals surface area contributed by atoms with Crippen LogP contribution in [-0.2, 0) is 13.0 Å². The van der Waals surface area contributed by atoms with Gasteiger partial charge in [-0.05, 0) is 41.4 Å². The van der Waals surface area contributed by atoms with Gasteiger partial charge in [-0.2, -0.15) is 0 Å². The van der Waals surface area contributed by atoms with Crippen LogP contribution in [0.15, 0.2) is 22.8 Å². The van der Waals surface area contributed by atoms with E-state index in [0.717, 1.165) is 28.6 Å². The third kappa shape index (κ3) is 1.46. The van der Waals surface area contributed by atoms with Crippen molar-refractivity contribution < 1.29 is 0 Å². The Kier molecular flexibility index (Phi) is 2.59. The van der Waals surface area contributed by atoms with Crippen LogP contribution < -0.4 is 0 Å². The van der Waals surface area contributed by atoms with E-state index >= 15 is 0 Å². The molecule has 2 aromatic heterocycles. The van der Waals surface area contributed by atoms with Gasteiger partial charge in [0.25, 0.3) is 0 Å². The van der Waals surface area contributed by atoms with Gasteiger partial charge in [-0.25, -0.2) is 0 Å². The van der Waals surface area contributed by atoms with Crippen LogP contribution in [-0.4, -0.2) is 9.55 Å². The van der Waals surface area contributed by atoms with Crippen LogP contribution in [0.1, 0.15) is 19.5 Å². The first-order chi connectivity index (χ1) is 6.76. The number of hydrogen-bond donors (Lipinski definition) is 0. The summed E-state index contributed by atoms with van der Waals surface area (Å²) in [5, 5.41) is 0. The van der Waals surface area contributed by atoms with Crippen LogP contribution in [0.3, 0.4) is 0 Å². The highest BCUT2D eigenvalue weighted by Gasteiger charge is 2.06. The fourth-order valence-corrected chi connectivity index (χ4v) is 2.35. The highest BCUT2D eigenvalue weighted by atomic mass is 79.9. The molecule has 0 saturated heterocycles. The summed E-state index contributed by atoms with van der Waals surface area (Å²) in [4.78, 5) is 4.57. The molecule has 0 aliphatic heterocycles. The topological polar surface area (TPSA) is 17.8 Å². The molecule has 2 heterocycles. The van der Waals surface area contributed by atoms with Crippen LogP contribution in [0.2, 0.25) is 0 Å². The summed E-state index contributed by atoms with van der Waals surface area (Å²) in [6.45, 7) is 5.24. The zero-order valence-corrected chi connectivity index (χ0v) is 10.0. The van der Waals surface area contributed by atoms with Crippen molar-refractivity contribution in [3.05, 3.63) is 28.5 Å². The molecule has 0 spiro atoms. The highest BCUT2D eigenvalue weighted by molar-refractivity contribution is 9.10. The molecule has 0 bridgehead atoms. The van der Waals surface area contributed by atoms with Gasteiger partial charge in [0.05, 0.1) is 11.0 Å². The van der Waals surface area contributed by atoms with Crippen molar-refractivity contribution in [3.8, 4) is 0 Å². The van der Waals surface area contributed by atoms with Gasteiger partial charge in [-0.1, -0.05) is 6.92 Å². The molecule has 0 radical (unpaired) electrons. The van der Waals surface area contributed by atoms with Crippen LogP contribution >= 0.6 is 15.9 Å². The Morgan fingerprint density at radius 1 is 1.43 bits per heavy atom. The van der Waals surface area contributed by atoms with E-state index in [1.807, 2.05) is 0 Å². The van der Waals surface area contributed by atoms with Crippen molar-refractivity contribution in [3.63, 3.8) is 0 Å². The number of rotatable bonds is 2. The second-order valence-corrected chi connectivity index (χ2v) is 4.14. The number of fused-ring (bicyclic) bond motifs is 1. The Morgan fingerprint density at radius 3 is 2.86 bits per heavy atom. The molecule has 0 aromatic carbocycles. The summed E-state index contributed by atoms with van der Waals surface area (Å²) in [6, 6.07) is 4.18. The van der Waals surface area contributed by atoms with Gasteiger partial charge in [-0.15, -0.1) is 0 Å². The zero-order valence-electron chi connectivity index (χ0n) is 8.42. The number of aryl methyl sites for hydroxylation is 2. The van der Waals surface area contributed by atoms with Crippen molar-refractivity contribution in [2.24, 2.45) is 0 Å². The van der Waals surface area contributed by atoms with E-state index in [0.29, 0.717) is 0 Å². The van der Waals surface area contributed by atoms with Gasteiger partial charge in [0.2, 0.25) is 0 Å². The van der Waals surface area contributed by atoms with Crippen molar-refractivity contribution in [2.45, 2.75) is 26.8 Å². The van der Waals surface area contributed by atoms with Crippen LogP contribution in [0.4, 0.5) is 0 Å². The molecule has 3 heteroatoms. The molecular formula is C11H13BrN2. The van der Waals surface area contributed by atoms with E-state index in [1.165, 1.54) is 5.52 Å². The van der Waals surface area contributed by atoms with Crippen LogP contribution in [0.25, 0.3) is 11.0 Å². The lowest BCUT2D eigenvalue weighted by Gasteiger charge is -2.04. The second-order valence-electron chi connectivity index (χ2n) is 3.28. The minimum absolute atomic E-state index is 0.978. The molecule has 74 valence electrons. The molecule has 0 unspecified atom stereocenters. The molecule has 14 heavy (non-hydrogen) atoms. The van der Waals surface area contributed by atoms with E-state index in [9.17, 15) is 0 Å². The maximum Gasteiger partial charge on any atom is 0.0895 e. The maximum atomic E-state index is 4.57. The second kappa shape index (κ2) is 3.73. The molecule has 0 atom stereocenters. The lowest BCUT2D eigenvalue weighted by molar-refractivity contribution is 0.795. The first kappa shape index (κ1) is 9.71. The summed E-state index contributed by atoms with van der Waals surface area (Å²) in [7, 11) is 0. The monoisotopic (exact) mass is 252 g/mol. The standard InChI is InChI=1S/C11H13BrN2/c1-3-8-7-9(12)11-10(13-8)5-6-14(11)4-2/h5-7H,3-4H2,1-2H3. The fourth-order valence-electron chi connectivity index (χ4n) is 1.66. The Bertz CT molecular complexity index is 460. The number of aromatic nitrogens is 2. The molecule has 0 aliphatic carbocycles. The highest BCUT2D eigenvalue weighted by Crippen LogP contribution is 2.24. The fraction of sp³-hybridized carbons (Fsp3) is 0.364. The van der Waals surface area contributed by atoms with Crippen molar-refractivity contribution >= 4 is 27.0 Å². The van der Waals surface area contributed by atoms with Gasteiger partial charge < -0.3 is 4.57 Å². The summed E-state index contributed by atoms with van der Waals surface area (Å²) < 4.78 is 3.34. The van der Waals surface area contributed by atoms with Crippen LogP contribution in [0, 0.1) is 0 Å². The Hall–Kier alpha value is -0.830. The van der Waals surface area contributed by atoms with Crippen molar-refractivity contribution in [1.82, 2.24) is 9.55 Å². The van der Waals surface area contributed by atoms with Gasteiger partial charge in [0, 0.05) is 22.9 Å². The maximum absolute atomic E-state index is 4.57. The molecule has 0 N–H and O–H groups in total. The Morgan fingerprint density at radius 2 is 2.21 bits per heavy atom. The number of hydrogen-bond acceptors (Lipinski definition) is 1. The Labute approximate surface area is 92.1 Å². The van der Waals surface area contributed by atoms with E-state index in [1.54, 1.807) is 0 Å².